The lowest BCUT2D eigenvalue weighted by molar-refractivity contribution is 0.208. The van der Waals surface area contributed by atoms with E-state index in [1.165, 1.54) is 0 Å². The Hall–Kier alpha value is -3.03. The van der Waals surface area contributed by atoms with Gasteiger partial charge < -0.3 is 25.2 Å². The summed E-state index contributed by atoms with van der Waals surface area (Å²) in [5.74, 6) is 2.25. The molecule has 0 bridgehead atoms. The maximum absolute atomic E-state index is 12.5. The molecule has 138 valence electrons. The van der Waals surface area contributed by atoms with Gasteiger partial charge in [-0.15, -0.1) is 10.2 Å². The summed E-state index contributed by atoms with van der Waals surface area (Å²) in [5.41, 5.74) is 0.673. The first-order chi connectivity index (χ1) is 12.7. The second kappa shape index (κ2) is 8.37. The van der Waals surface area contributed by atoms with E-state index < -0.39 is 0 Å². The summed E-state index contributed by atoms with van der Waals surface area (Å²) >= 11 is 0. The predicted octanol–water partition coefficient (Wildman–Crippen LogP) is 2.27. The van der Waals surface area contributed by atoms with Crippen LogP contribution >= 0.6 is 0 Å². The number of rotatable bonds is 5. The van der Waals surface area contributed by atoms with Crippen LogP contribution in [0, 0.1) is 0 Å². The summed E-state index contributed by atoms with van der Waals surface area (Å²) in [6, 6.07) is 11.1. The molecule has 1 aliphatic heterocycles. The highest BCUT2D eigenvalue weighted by Crippen LogP contribution is 2.23. The van der Waals surface area contributed by atoms with Crippen LogP contribution in [-0.4, -0.2) is 61.0 Å². The van der Waals surface area contributed by atoms with Gasteiger partial charge in [-0.3, -0.25) is 0 Å². The van der Waals surface area contributed by atoms with Crippen LogP contribution in [0.15, 0.2) is 36.4 Å². The van der Waals surface area contributed by atoms with E-state index in [1.54, 1.807) is 12.0 Å². The van der Waals surface area contributed by atoms with Gasteiger partial charge >= 0.3 is 6.03 Å². The Morgan fingerprint density at radius 1 is 1.12 bits per heavy atom. The number of carbonyl (C=O) groups excluding carboxylic acids is 1. The molecule has 0 unspecified atom stereocenters. The van der Waals surface area contributed by atoms with Crippen molar-refractivity contribution in [3.63, 3.8) is 0 Å². The first-order valence-corrected chi connectivity index (χ1v) is 8.72. The Morgan fingerprint density at radius 3 is 2.54 bits per heavy atom. The van der Waals surface area contributed by atoms with Gasteiger partial charge in [0.25, 0.3) is 0 Å². The first-order valence-electron chi connectivity index (χ1n) is 8.72. The molecule has 26 heavy (non-hydrogen) atoms. The Kier molecular flexibility index (Phi) is 5.73. The number of ether oxygens (including phenoxy) is 1. The molecular formula is C18H24N6O2. The van der Waals surface area contributed by atoms with Crippen molar-refractivity contribution in [3.8, 4) is 5.75 Å². The lowest BCUT2D eigenvalue weighted by atomic mass is 10.3. The minimum Gasteiger partial charge on any atom is -0.495 e. The van der Waals surface area contributed by atoms with Crippen molar-refractivity contribution in [2.75, 3.05) is 55.4 Å². The quantitative estimate of drug-likeness (QED) is 0.855. The van der Waals surface area contributed by atoms with Crippen LogP contribution in [0.3, 0.4) is 0 Å². The van der Waals surface area contributed by atoms with Crippen molar-refractivity contribution in [2.24, 2.45) is 0 Å². The molecule has 1 aliphatic rings. The summed E-state index contributed by atoms with van der Waals surface area (Å²) in [5, 5.41) is 14.5. The standard InChI is InChI=1S/C18H24N6O2/c1-3-19-16-8-9-17(22-21-16)23-10-12-24(13-11-23)18(25)20-14-6-4-5-7-15(14)26-2/h4-9H,3,10-13H2,1-2H3,(H,19,21)(H,20,25). The average Bonchev–Trinajstić information content (AvgIpc) is 2.69. The molecule has 8 heteroatoms. The van der Waals surface area contributed by atoms with Gasteiger partial charge in [0.2, 0.25) is 0 Å². The van der Waals surface area contributed by atoms with Crippen LogP contribution in [-0.2, 0) is 0 Å². The molecule has 2 amide bonds. The fraction of sp³-hybridized carbons (Fsp3) is 0.389. The van der Waals surface area contributed by atoms with Gasteiger partial charge in [0.1, 0.15) is 11.6 Å². The summed E-state index contributed by atoms with van der Waals surface area (Å²) in [6.45, 7) is 5.51. The SMILES string of the molecule is CCNc1ccc(N2CCN(C(=O)Nc3ccccc3OC)CC2)nn1. The van der Waals surface area contributed by atoms with E-state index in [-0.39, 0.29) is 6.03 Å². The minimum absolute atomic E-state index is 0.122. The molecule has 8 nitrogen and oxygen atoms in total. The van der Waals surface area contributed by atoms with Gasteiger partial charge in [0.15, 0.2) is 5.82 Å². The van der Waals surface area contributed by atoms with Crippen molar-refractivity contribution in [2.45, 2.75) is 6.92 Å². The lowest BCUT2D eigenvalue weighted by Gasteiger charge is -2.35. The van der Waals surface area contributed by atoms with Gasteiger partial charge in [-0.1, -0.05) is 12.1 Å². The second-order valence-electron chi connectivity index (χ2n) is 5.91. The number of piperazine rings is 1. The molecule has 0 spiro atoms. The molecule has 2 N–H and O–H groups in total. The molecule has 3 rings (SSSR count). The third kappa shape index (κ3) is 4.14. The summed E-state index contributed by atoms with van der Waals surface area (Å²) in [4.78, 5) is 16.4. The number of urea groups is 1. The van der Waals surface area contributed by atoms with Crippen LogP contribution < -0.4 is 20.3 Å². The Labute approximate surface area is 153 Å². The number of para-hydroxylation sites is 2. The normalized spacial score (nSPS) is 14.1. The molecule has 0 radical (unpaired) electrons. The van der Waals surface area contributed by atoms with E-state index in [1.807, 2.05) is 43.3 Å². The third-order valence-electron chi connectivity index (χ3n) is 4.25. The number of aromatic nitrogens is 2. The van der Waals surface area contributed by atoms with E-state index in [9.17, 15) is 4.79 Å². The molecule has 0 atom stereocenters. The highest BCUT2D eigenvalue weighted by molar-refractivity contribution is 5.91. The molecule has 1 saturated heterocycles. The van der Waals surface area contributed by atoms with Gasteiger partial charge in [-0.05, 0) is 31.2 Å². The zero-order chi connectivity index (χ0) is 18.4. The van der Waals surface area contributed by atoms with Crippen molar-refractivity contribution < 1.29 is 9.53 Å². The zero-order valence-corrected chi connectivity index (χ0v) is 15.1. The van der Waals surface area contributed by atoms with Gasteiger partial charge in [-0.2, -0.15) is 0 Å². The molecule has 2 heterocycles. The van der Waals surface area contributed by atoms with Gasteiger partial charge in [0.05, 0.1) is 12.8 Å². The number of nitrogens with zero attached hydrogens (tertiary/aromatic N) is 4. The Morgan fingerprint density at radius 2 is 1.88 bits per heavy atom. The number of hydrogen-bond donors (Lipinski definition) is 2. The molecular weight excluding hydrogens is 332 g/mol. The van der Waals surface area contributed by atoms with Crippen LogP contribution in [0.1, 0.15) is 6.92 Å². The zero-order valence-electron chi connectivity index (χ0n) is 15.1. The third-order valence-corrected chi connectivity index (χ3v) is 4.25. The lowest BCUT2D eigenvalue weighted by Crippen LogP contribution is -2.50. The first kappa shape index (κ1) is 17.8. The number of carbonyl (C=O) groups is 1. The molecule has 1 aromatic heterocycles. The molecule has 0 aliphatic carbocycles. The maximum Gasteiger partial charge on any atom is 0.322 e. The fourth-order valence-corrected chi connectivity index (χ4v) is 2.85. The van der Waals surface area contributed by atoms with Gasteiger partial charge in [-0.25, -0.2) is 4.79 Å². The number of benzene rings is 1. The van der Waals surface area contributed by atoms with Crippen molar-refractivity contribution in [3.05, 3.63) is 36.4 Å². The minimum atomic E-state index is -0.122. The molecule has 2 aromatic rings. The van der Waals surface area contributed by atoms with Crippen LogP contribution in [0.4, 0.5) is 22.1 Å². The number of nitrogens with one attached hydrogen (secondary N) is 2. The largest absolute Gasteiger partial charge is 0.495 e. The van der Waals surface area contributed by atoms with Gasteiger partial charge in [0, 0.05) is 32.7 Å². The smallest absolute Gasteiger partial charge is 0.322 e. The van der Waals surface area contributed by atoms with E-state index in [4.69, 9.17) is 4.74 Å². The number of methoxy groups -OCH3 is 1. The summed E-state index contributed by atoms with van der Waals surface area (Å²) < 4.78 is 5.27. The fourth-order valence-electron chi connectivity index (χ4n) is 2.85. The Bertz CT molecular complexity index is 729. The monoisotopic (exact) mass is 356 g/mol. The van der Waals surface area contributed by atoms with Crippen LogP contribution in [0.2, 0.25) is 0 Å². The van der Waals surface area contributed by atoms with E-state index in [0.29, 0.717) is 37.6 Å². The van der Waals surface area contributed by atoms with Crippen LogP contribution in [0.5, 0.6) is 5.75 Å². The summed E-state index contributed by atoms with van der Waals surface area (Å²) in [7, 11) is 1.59. The van der Waals surface area contributed by atoms with E-state index in [0.717, 1.165) is 18.2 Å². The van der Waals surface area contributed by atoms with E-state index >= 15 is 0 Å². The Balaban J connectivity index is 1.55. The number of hydrogen-bond acceptors (Lipinski definition) is 6. The van der Waals surface area contributed by atoms with Crippen molar-refractivity contribution in [1.82, 2.24) is 15.1 Å². The maximum atomic E-state index is 12.5. The second-order valence-corrected chi connectivity index (χ2v) is 5.91. The van der Waals surface area contributed by atoms with Crippen molar-refractivity contribution >= 4 is 23.4 Å². The highest BCUT2D eigenvalue weighted by Gasteiger charge is 2.22. The topological polar surface area (TPSA) is 82.6 Å². The van der Waals surface area contributed by atoms with E-state index in [2.05, 4.69) is 25.7 Å². The highest BCUT2D eigenvalue weighted by atomic mass is 16.5. The van der Waals surface area contributed by atoms with Crippen molar-refractivity contribution in [1.29, 1.82) is 0 Å². The average molecular weight is 356 g/mol. The van der Waals surface area contributed by atoms with Crippen LogP contribution in [0.25, 0.3) is 0 Å². The number of anilines is 3. The molecule has 0 saturated carbocycles. The molecule has 1 fully saturated rings. The summed E-state index contributed by atoms with van der Waals surface area (Å²) in [6.07, 6.45) is 0. The molecule has 1 aromatic carbocycles. The predicted molar refractivity (Wildman–Crippen MR) is 102 cm³/mol. The number of amides is 2.